The van der Waals surface area contributed by atoms with Crippen LogP contribution in [0.5, 0.6) is 5.75 Å². The summed E-state index contributed by atoms with van der Waals surface area (Å²) in [5, 5.41) is 9.09. The predicted octanol–water partition coefficient (Wildman–Crippen LogP) is 1.71. The minimum atomic E-state index is -0.444. The number of aromatic nitrogens is 1. The summed E-state index contributed by atoms with van der Waals surface area (Å²) >= 11 is 0. The van der Waals surface area contributed by atoms with Gasteiger partial charge >= 0.3 is 0 Å². The van der Waals surface area contributed by atoms with Gasteiger partial charge in [0.1, 0.15) is 12.4 Å². The van der Waals surface area contributed by atoms with E-state index in [0.717, 1.165) is 23.6 Å². The molecule has 0 fully saturated rings. The number of aliphatic hydroxyl groups is 1. The zero-order valence-corrected chi connectivity index (χ0v) is 8.95. The molecule has 78 valence electrons. The fourth-order valence-electron chi connectivity index (χ4n) is 1.19. The van der Waals surface area contributed by atoms with Crippen molar-refractivity contribution in [3.05, 3.63) is 23.5 Å². The molecule has 1 atom stereocenters. The summed E-state index contributed by atoms with van der Waals surface area (Å²) < 4.78 is 5.43. The van der Waals surface area contributed by atoms with E-state index in [9.17, 15) is 0 Å². The van der Waals surface area contributed by atoms with E-state index in [1.54, 1.807) is 6.92 Å². The van der Waals surface area contributed by atoms with Gasteiger partial charge in [0.15, 0.2) is 0 Å². The highest BCUT2D eigenvalue weighted by Gasteiger charge is 2.04. The molecule has 0 aliphatic heterocycles. The first-order chi connectivity index (χ1) is 6.63. The Morgan fingerprint density at radius 2 is 2.21 bits per heavy atom. The Morgan fingerprint density at radius 1 is 1.50 bits per heavy atom. The minimum Gasteiger partial charge on any atom is -0.489 e. The summed E-state index contributed by atoms with van der Waals surface area (Å²) in [5.74, 6) is 0.777. The van der Waals surface area contributed by atoms with Crippen LogP contribution >= 0.6 is 0 Å². The Kier molecular flexibility index (Phi) is 3.89. The van der Waals surface area contributed by atoms with Crippen LogP contribution in [0.15, 0.2) is 12.1 Å². The largest absolute Gasteiger partial charge is 0.489 e. The fraction of sp³-hybridized carbons (Fsp3) is 0.545. The van der Waals surface area contributed by atoms with E-state index >= 15 is 0 Å². The summed E-state index contributed by atoms with van der Waals surface area (Å²) in [6.07, 6.45) is 0.401. The maximum Gasteiger partial charge on any atom is 0.140 e. The molecule has 14 heavy (non-hydrogen) atoms. The molecule has 0 saturated heterocycles. The Balaban J connectivity index is 2.75. The van der Waals surface area contributed by atoms with E-state index in [-0.39, 0.29) is 0 Å². The maximum atomic E-state index is 9.09. The quantitative estimate of drug-likeness (QED) is 0.795. The van der Waals surface area contributed by atoms with Gasteiger partial charge in [0.25, 0.3) is 0 Å². The zero-order valence-electron chi connectivity index (χ0n) is 8.95. The smallest absolute Gasteiger partial charge is 0.140 e. The van der Waals surface area contributed by atoms with Gasteiger partial charge in [0.2, 0.25) is 0 Å². The van der Waals surface area contributed by atoms with Crippen LogP contribution in [0.4, 0.5) is 0 Å². The Hall–Kier alpha value is -1.09. The predicted molar refractivity (Wildman–Crippen MR) is 55.5 cm³/mol. The van der Waals surface area contributed by atoms with Gasteiger partial charge in [-0.2, -0.15) is 0 Å². The standard InChI is InChI=1S/C11H17NO2/c1-4-10-11(14-7-9(3)13)6-5-8(2)12-10/h5-6,9,13H,4,7H2,1-3H3/t9-/m0/s1. The van der Waals surface area contributed by atoms with Crippen molar-refractivity contribution in [2.75, 3.05) is 6.61 Å². The molecule has 0 aliphatic carbocycles. The average molecular weight is 195 g/mol. The number of ether oxygens (including phenoxy) is 1. The molecule has 1 aromatic rings. The molecule has 0 saturated carbocycles. The molecule has 1 rings (SSSR count). The van der Waals surface area contributed by atoms with Gasteiger partial charge in [-0.3, -0.25) is 4.98 Å². The van der Waals surface area contributed by atoms with Crippen LogP contribution in [0, 0.1) is 6.92 Å². The minimum absolute atomic E-state index is 0.317. The molecule has 0 amide bonds. The van der Waals surface area contributed by atoms with Crippen LogP contribution in [0.2, 0.25) is 0 Å². The van der Waals surface area contributed by atoms with Crippen LogP contribution < -0.4 is 4.74 Å². The normalized spacial score (nSPS) is 12.6. The number of hydrogen-bond donors (Lipinski definition) is 1. The van der Waals surface area contributed by atoms with Gasteiger partial charge in [-0.15, -0.1) is 0 Å². The number of rotatable bonds is 4. The van der Waals surface area contributed by atoms with Crippen molar-refractivity contribution in [2.24, 2.45) is 0 Å². The maximum absolute atomic E-state index is 9.09. The molecular weight excluding hydrogens is 178 g/mol. The SMILES string of the molecule is CCc1nc(C)ccc1OC[C@H](C)O. The third-order valence-corrected chi connectivity index (χ3v) is 1.89. The summed E-state index contributed by atoms with van der Waals surface area (Å²) in [4.78, 5) is 4.36. The first-order valence-electron chi connectivity index (χ1n) is 4.91. The van der Waals surface area contributed by atoms with Crippen molar-refractivity contribution >= 4 is 0 Å². The molecule has 0 bridgehead atoms. The lowest BCUT2D eigenvalue weighted by Gasteiger charge is -2.11. The topological polar surface area (TPSA) is 42.4 Å². The lowest BCUT2D eigenvalue weighted by atomic mass is 10.2. The summed E-state index contributed by atoms with van der Waals surface area (Å²) in [7, 11) is 0. The summed E-state index contributed by atoms with van der Waals surface area (Å²) in [6.45, 7) is 6.01. The molecule has 3 nitrogen and oxygen atoms in total. The average Bonchev–Trinajstić information content (AvgIpc) is 2.15. The van der Waals surface area contributed by atoms with Gasteiger partial charge in [-0.05, 0) is 32.4 Å². The second kappa shape index (κ2) is 4.96. The van der Waals surface area contributed by atoms with Crippen LogP contribution in [-0.2, 0) is 6.42 Å². The van der Waals surface area contributed by atoms with Crippen molar-refractivity contribution in [1.82, 2.24) is 4.98 Å². The van der Waals surface area contributed by atoms with E-state index in [1.807, 2.05) is 26.0 Å². The summed E-state index contributed by atoms with van der Waals surface area (Å²) in [5.41, 5.74) is 1.94. The third-order valence-electron chi connectivity index (χ3n) is 1.89. The molecule has 1 heterocycles. The molecule has 3 heteroatoms. The Labute approximate surface area is 84.7 Å². The van der Waals surface area contributed by atoms with Crippen molar-refractivity contribution < 1.29 is 9.84 Å². The van der Waals surface area contributed by atoms with Crippen molar-refractivity contribution in [3.8, 4) is 5.75 Å². The second-order valence-corrected chi connectivity index (χ2v) is 3.41. The lowest BCUT2D eigenvalue weighted by Crippen LogP contribution is -2.14. The highest BCUT2D eigenvalue weighted by Crippen LogP contribution is 2.17. The van der Waals surface area contributed by atoms with Crippen LogP contribution in [-0.4, -0.2) is 22.8 Å². The van der Waals surface area contributed by atoms with Crippen molar-refractivity contribution in [2.45, 2.75) is 33.3 Å². The Morgan fingerprint density at radius 3 is 2.79 bits per heavy atom. The Bertz CT molecular complexity index is 297. The molecule has 0 aromatic carbocycles. The van der Waals surface area contributed by atoms with E-state index < -0.39 is 6.10 Å². The van der Waals surface area contributed by atoms with Crippen LogP contribution in [0.25, 0.3) is 0 Å². The summed E-state index contributed by atoms with van der Waals surface area (Å²) in [6, 6.07) is 3.82. The van der Waals surface area contributed by atoms with Crippen LogP contribution in [0.1, 0.15) is 25.2 Å². The first kappa shape index (κ1) is 11.0. The molecule has 0 aliphatic rings. The zero-order chi connectivity index (χ0) is 10.6. The van der Waals surface area contributed by atoms with Crippen molar-refractivity contribution in [3.63, 3.8) is 0 Å². The van der Waals surface area contributed by atoms with Gasteiger partial charge < -0.3 is 9.84 Å². The number of hydrogen-bond acceptors (Lipinski definition) is 3. The van der Waals surface area contributed by atoms with Gasteiger partial charge in [0, 0.05) is 5.69 Å². The molecular formula is C11H17NO2. The number of aliphatic hydroxyl groups excluding tert-OH is 1. The van der Waals surface area contributed by atoms with Crippen molar-refractivity contribution in [1.29, 1.82) is 0 Å². The van der Waals surface area contributed by atoms with E-state index in [0.29, 0.717) is 6.61 Å². The molecule has 1 aromatic heterocycles. The first-order valence-corrected chi connectivity index (χ1v) is 4.91. The van der Waals surface area contributed by atoms with Gasteiger partial charge in [-0.25, -0.2) is 0 Å². The highest BCUT2D eigenvalue weighted by molar-refractivity contribution is 5.29. The molecule has 0 unspecified atom stereocenters. The molecule has 0 spiro atoms. The monoisotopic (exact) mass is 195 g/mol. The van der Waals surface area contributed by atoms with E-state index in [2.05, 4.69) is 4.98 Å². The highest BCUT2D eigenvalue weighted by atomic mass is 16.5. The van der Waals surface area contributed by atoms with Gasteiger partial charge in [0.05, 0.1) is 11.8 Å². The third kappa shape index (κ3) is 3.00. The lowest BCUT2D eigenvalue weighted by molar-refractivity contribution is 0.122. The number of nitrogens with zero attached hydrogens (tertiary/aromatic N) is 1. The number of aryl methyl sites for hydroxylation is 2. The second-order valence-electron chi connectivity index (χ2n) is 3.41. The van der Waals surface area contributed by atoms with Gasteiger partial charge in [-0.1, -0.05) is 6.92 Å². The van der Waals surface area contributed by atoms with E-state index in [4.69, 9.17) is 9.84 Å². The molecule has 0 radical (unpaired) electrons. The van der Waals surface area contributed by atoms with Crippen LogP contribution in [0.3, 0.4) is 0 Å². The molecule has 1 N–H and O–H groups in total. The van der Waals surface area contributed by atoms with E-state index in [1.165, 1.54) is 0 Å². The fourth-order valence-corrected chi connectivity index (χ4v) is 1.19. The number of pyridine rings is 1.